The molecule has 6 heteroatoms. The van der Waals surface area contributed by atoms with Crippen molar-refractivity contribution in [1.82, 2.24) is 10.2 Å². The van der Waals surface area contributed by atoms with Gasteiger partial charge in [0, 0.05) is 13.1 Å². The maximum Gasteiger partial charge on any atom is 0.318 e. The molecule has 1 unspecified atom stereocenters. The van der Waals surface area contributed by atoms with E-state index in [1.165, 1.54) is 0 Å². The van der Waals surface area contributed by atoms with E-state index in [0.29, 0.717) is 13.1 Å². The van der Waals surface area contributed by atoms with Gasteiger partial charge >= 0.3 is 6.03 Å². The fourth-order valence-electron chi connectivity index (χ4n) is 1.72. The number of nitrogens with one attached hydrogen (secondary N) is 1. The van der Waals surface area contributed by atoms with Gasteiger partial charge in [0.15, 0.2) is 5.84 Å². The van der Waals surface area contributed by atoms with Gasteiger partial charge in [0.05, 0.1) is 6.04 Å². The highest BCUT2D eigenvalue weighted by Gasteiger charge is 2.31. The molecule has 1 fully saturated rings. The van der Waals surface area contributed by atoms with Crippen molar-refractivity contribution in [1.29, 1.82) is 0 Å². The molecule has 0 aromatic carbocycles. The predicted octanol–water partition coefficient (Wildman–Crippen LogP) is 0.317. The summed E-state index contributed by atoms with van der Waals surface area (Å²) >= 11 is 0. The van der Waals surface area contributed by atoms with Gasteiger partial charge in [0.25, 0.3) is 0 Å². The molecule has 0 aromatic heterocycles. The van der Waals surface area contributed by atoms with Crippen LogP contribution in [0.4, 0.5) is 4.79 Å². The molecular formula is C9H18N4O2. The number of likely N-dealkylation sites (tertiary alicyclic amines) is 1. The van der Waals surface area contributed by atoms with Crippen molar-refractivity contribution in [2.24, 2.45) is 10.9 Å². The molecule has 4 N–H and O–H groups in total. The van der Waals surface area contributed by atoms with E-state index in [4.69, 9.17) is 10.9 Å². The minimum absolute atomic E-state index is 0.110. The minimum atomic E-state index is -0.258. The van der Waals surface area contributed by atoms with Crippen molar-refractivity contribution in [3.63, 3.8) is 0 Å². The summed E-state index contributed by atoms with van der Waals surface area (Å²) in [5.74, 6) is 0.110. The Balaban J connectivity index is 2.56. The summed E-state index contributed by atoms with van der Waals surface area (Å²) in [6.07, 6.45) is 2.55. The Kier molecular flexibility index (Phi) is 4.20. The van der Waals surface area contributed by atoms with E-state index in [2.05, 4.69) is 10.5 Å². The summed E-state index contributed by atoms with van der Waals surface area (Å²) in [4.78, 5) is 13.3. The first kappa shape index (κ1) is 11.6. The Bertz CT molecular complexity index is 254. The fourth-order valence-corrected chi connectivity index (χ4v) is 1.72. The van der Waals surface area contributed by atoms with Crippen molar-refractivity contribution in [3.05, 3.63) is 0 Å². The van der Waals surface area contributed by atoms with Crippen LogP contribution in [0.5, 0.6) is 0 Å². The smallest absolute Gasteiger partial charge is 0.318 e. The number of amidine groups is 1. The Morgan fingerprint density at radius 2 is 2.47 bits per heavy atom. The number of hydrogen-bond donors (Lipinski definition) is 3. The molecule has 0 aliphatic carbocycles. The lowest BCUT2D eigenvalue weighted by Crippen LogP contribution is -2.48. The molecule has 1 aliphatic heterocycles. The van der Waals surface area contributed by atoms with Crippen molar-refractivity contribution in [2.75, 3.05) is 13.1 Å². The Hall–Kier alpha value is -1.46. The number of carbonyl (C=O) groups excluding carboxylic acids is 1. The highest BCUT2D eigenvalue weighted by molar-refractivity contribution is 5.90. The summed E-state index contributed by atoms with van der Waals surface area (Å²) in [6.45, 7) is 3.31. The molecule has 1 aliphatic rings. The van der Waals surface area contributed by atoms with Crippen molar-refractivity contribution in [2.45, 2.75) is 32.2 Å². The van der Waals surface area contributed by atoms with Crippen LogP contribution in [0.25, 0.3) is 0 Å². The Labute approximate surface area is 89.1 Å². The number of nitrogens with two attached hydrogens (primary N) is 1. The molecular weight excluding hydrogens is 196 g/mol. The third kappa shape index (κ3) is 2.74. The van der Waals surface area contributed by atoms with Crippen LogP contribution in [-0.4, -0.2) is 41.1 Å². The number of carbonyl (C=O) groups is 1. The summed E-state index contributed by atoms with van der Waals surface area (Å²) in [5.41, 5.74) is 5.51. The minimum Gasteiger partial charge on any atom is -0.409 e. The normalized spacial score (nSPS) is 21.8. The maximum atomic E-state index is 11.7. The van der Waals surface area contributed by atoms with E-state index in [9.17, 15) is 4.79 Å². The van der Waals surface area contributed by atoms with Crippen LogP contribution in [0.2, 0.25) is 0 Å². The van der Waals surface area contributed by atoms with E-state index in [1.54, 1.807) is 4.90 Å². The number of hydrogen-bond acceptors (Lipinski definition) is 3. The number of rotatable bonds is 3. The van der Waals surface area contributed by atoms with E-state index >= 15 is 0 Å². The van der Waals surface area contributed by atoms with Crippen LogP contribution in [0.3, 0.4) is 0 Å². The van der Waals surface area contributed by atoms with Gasteiger partial charge in [-0.15, -0.1) is 0 Å². The lowest BCUT2D eigenvalue weighted by Gasteiger charge is -2.23. The van der Waals surface area contributed by atoms with Crippen molar-refractivity contribution in [3.8, 4) is 0 Å². The first-order chi connectivity index (χ1) is 7.20. The Morgan fingerprint density at radius 1 is 1.73 bits per heavy atom. The molecule has 1 atom stereocenters. The third-order valence-corrected chi connectivity index (χ3v) is 2.50. The largest absolute Gasteiger partial charge is 0.409 e. The second kappa shape index (κ2) is 5.43. The zero-order valence-corrected chi connectivity index (χ0v) is 8.94. The topological polar surface area (TPSA) is 91.0 Å². The fraction of sp³-hybridized carbons (Fsp3) is 0.778. The first-order valence-corrected chi connectivity index (χ1v) is 5.22. The number of urea groups is 1. The zero-order chi connectivity index (χ0) is 11.3. The molecule has 0 radical (unpaired) electrons. The summed E-state index contributed by atoms with van der Waals surface area (Å²) in [7, 11) is 0. The van der Waals surface area contributed by atoms with Crippen LogP contribution < -0.4 is 11.1 Å². The first-order valence-electron chi connectivity index (χ1n) is 5.22. The van der Waals surface area contributed by atoms with Gasteiger partial charge in [-0.05, 0) is 19.3 Å². The standard InChI is InChI=1S/C9H18N4O2/c1-2-5-11-9(14)13-6-3-4-7(13)8(10)12-15/h7,15H,2-6H2,1H3,(H2,10,12)(H,11,14). The number of oxime groups is 1. The highest BCUT2D eigenvalue weighted by Crippen LogP contribution is 2.17. The monoisotopic (exact) mass is 214 g/mol. The lowest BCUT2D eigenvalue weighted by atomic mass is 10.2. The molecule has 0 aromatic rings. The maximum absolute atomic E-state index is 11.7. The summed E-state index contributed by atoms with van der Waals surface area (Å²) < 4.78 is 0. The van der Waals surface area contributed by atoms with Gasteiger partial charge in [-0.3, -0.25) is 0 Å². The molecule has 1 saturated heterocycles. The van der Waals surface area contributed by atoms with Crippen LogP contribution in [0.1, 0.15) is 26.2 Å². The highest BCUT2D eigenvalue weighted by atomic mass is 16.4. The van der Waals surface area contributed by atoms with E-state index in [-0.39, 0.29) is 17.9 Å². The SMILES string of the molecule is CCCNC(=O)N1CCCC1C(N)=NO. The zero-order valence-electron chi connectivity index (χ0n) is 8.94. The molecule has 2 amide bonds. The number of nitrogens with zero attached hydrogens (tertiary/aromatic N) is 2. The third-order valence-electron chi connectivity index (χ3n) is 2.50. The average Bonchev–Trinajstić information content (AvgIpc) is 2.73. The van der Waals surface area contributed by atoms with Gasteiger partial charge in [0.2, 0.25) is 0 Å². The van der Waals surface area contributed by atoms with Crippen LogP contribution in [0.15, 0.2) is 5.16 Å². The second-order valence-electron chi connectivity index (χ2n) is 3.61. The van der Waals surface area contributed by atoms with Crippen LogP contribution in [-0.2, 0) is 0 Å². The van der Waals surface area contributed by atoms with Gasteiger partial charge < -0.3 is 21.2 Å². The predicted molar refractivity (Wildman–Crippen MR) is 56.8 cm³/mol. The molecule has 0 bridgehead atoms. The van der Waals surface area contributed by atoms with Crippen molar-refractivity contribution >= 4 is 11.9 Å². The summed E-state index contributed by atoms with van der Waals surface area (Å²) in [5, 5.41) is 14.3. The molecule has 0 saturated carbocycles. The van der Waals surface area contributed by atoms with Crippen molar-refractivity contribution < 1.29 is 10.0 Å². The Morgan fingerprint density at radius 3 is 3.07 bits per heavy atom. The van der Waals surface area contributed by atoms with E-state index < -0.39 is 0 Å². The van der Waals surface area contributed by atoms with Gasteiger partial charge in [-0.2, -0.15) is 0 Å². The lowest BCUT2D eigenvalue weighted by molar-refractivity contribution is 0.201. The van der Waals surface area contributed by atoms with Gasteiger partial charge in [-0.25, -0.2) is 4.79 Å². The van der Waals surface area contributed by atoms with Gasteiger partial charge in [-0.1, -0.05) is 12.1 Å². The molecule has 15 heavy (non-hydrogen) atoms. The van der Waals surface area contributed by atoms with Crippen LogP contribution >= 0.6 is 0 Å². The molecule has 1 heterocycles. The molecule has 0 spiro atoms. The average molecular weight is 214 g/mol. The van der Waals surface area contributed by atoms with Crippen LogP contribution in [0, 0.1) is 0 Å². The second-order valence-corrected chi connectivity index (χ2v) is 3.61. The number of amides is 2. The van der Waals surface area contributed by atoms with Gasteiger partial charge in [0.1, 0.15) is 0 Å². The summed E-state index contributed by atoms with van der Waals surface area (Å²) in [6, 6.07) is -0.391. The van der Waals surface area contributed by atoms with E-state index in [1.807, 2.05) is 6.92 Å². The molecule has 86 valence electrons. The molecule has 6 nitrogen and oxygen atoms in total. The van der Waals surface area contributed by atoms with E-state index in [0.717, 1.165) is 19.3 Å². The molecule has 1 rings (SSSR count). The quantitative estimate of drug-likeness (QED) is 0.273.